The van der Waals surface area contributed by atoms with Gasteiger partial charge in [0.25, 0.3) is 0 Å². The van der Waals surface area contributed by atoms with Gasteiger partial charge >= 0.3 is 6.03 Å². The van der Waals surface area contributed by atoms with Gasteiger partial charge in [0.2, 0.25) is 0 Å². The fourth-order valence-electron chi connectivity index (χ4n) is 3.67. The number of nitrogens with one attached hydrogen (secondary N) is 2. The molecular weight excluding hydrogens is 374 g/mol. The van der Waals surface area contributed by atoms with E-state index in [1.807, 2.05) is 6.07 Å². The van der Waals surface area contributed by atoms with E-state index in [9.17, 15) is 4.79 Å². The van der Waals surface area contributed by atoms with E-state index in [1.54, 1.807) is 37.7 Å². The number of para-hydroxylation sites is 1. The number of amides is 2. The second-order valence-corrected chi connectivity index (χ2v) is 7.68. The fraction of sp³-hybridized carbons (Fsp3) is 0.476. The molecule has 1 unspecified atom stereocenters. The van der Waals surface area contributed by atoms with Crippen LogP contribution in [0.15, 0.2) is 35.0 Å². The number of benzene rings is 1. The van der Waals surface area contributed by atoms with Gasteiger partial charge in [-0.05, 0) is 60.5 Å². The maximum absolute atomic E-state index is 12.6. The van der Waals surface area contributed by atoms with Crippen molar-refractivity contribution < 1.29 is 14.3 Å². The molecule has 1 aliphatic heterocycles. The number of likely N-dealkylation sites (tertiary alicyclic amines) is 1. The summed E-state index contributed by atoms with van der Waals surface area (Å²) < 4.78 is 10.7. The highest BCUT2D eigenvalue weighted by molar-refractivity contribution is 7.07. The van der Waals surface area contributed by atoms with Gasteiger partial charge in [0.15, 0.2) is 11.5 Å². The van der Waals surface area contributed by atoms with Crippen LogP contribution < -0.4 is 20.1 Å². The predicted molar refractivity (Wildman–Crippen MR) is 114 cm³/mol. The fourth-order valence-corrected chi connectivity index (χ4v) is 4.38. The van der Waals surface area contributed by atoms with Crippen molar-refractivity contribution in [2.24, 2.45) is 0 Å². The molecule has 0 aliphatic carbocycles. The van der Waals surface area contributed by atoms with Crippen molar-refractivity contribution >= 4 is 23.1 Å². The van der Waals surface area contributed by atoms with Crippen LogP contribution in [0.4, 0.5) is 10.5 Å². The first-order valence-electron chi connectivity index (χ1n) is 9.75. The van der Waals surface area contributed by atoms with Crippen LogP contribution in [0.2, 0.25) is 0 Å². The normalized spacial score (nSPS) is 16.1. The number of hydrogen-bond donors (Lipinski definition) is 2. The van der Waals surface area contributed by atoms with Gasteiger partial charge in [-0.15, -0.1) is 0 Å². The lowest BCUT2D eigenvalue weighted by atomic mass is 10.1. The van der Waals surface area contributed by atoms with Crippen molar-refractivity contribution in [3.05, 3.63) is 40.6 Å². The van der Waals surface area contributed by atoms with Gasteiger partial charge < -0.3 is 20.1 Å². The topological polar surface area (TPSA) is 62.8 Å². The van der Waals surface area contributed by atoms with Crippen LogP contribution in [0.5, 0.6) is 11.5 Å². The van der Waals surface area contributed by atoms with Crippen molar-refractivity contribution in [1.82, 2.24) is 10.2 Å². The van der Waals surface area contributed by atoms with E-state index in [2.05, 4.69) is 32.4 Å². The average Bonchev–Trinajstić information content (AvgIpc) is 3.10. The van der Waals surface area contributed by atoms with E-state index in [-0.39, 0.29) is 12.1 Å². The highest BCUT2D eigenvalue weighted by atomic mass is 32.1. The van der Waals surface area contributed by atoms with Gasteiger partial charge in [-0.1, -0.05) is 18.9 Å². The number of thiophene rings is 1. The van der Waals surface area contributed by atoms with Gasteiger partial charge in [0.1, 0.15) is 0 Å². The first-order valence-corrected chi connectivity index (χ1v) is 10.7. The predicted octanol–water partition coefficient (Wildman–Crippen LogP) is 4.50. The Kier molecular flexibility index (Phi) is 7.56. The van der Waals surface area contributed by atoms with Gasteiger partial charge in [0.05, 0.1) is 25.9 Å². The van der Waals surface area contributed by atoms with Crippen LogP contribution in [-0.2, 0) is 0 Å². The first kappa shape index (κ1) is 20.5. The summed E-state index contributed by atoms with van der Waals surface area (Å²) in [6.07, 6.45) is 5.01. The van der Waals surface area contributed by atoms with Crippen molar-refractivity contribution in [3.8, 4) is 11.5 Å². The maximum Gasteiger partial charge on any atom is 0.319 e. The van der Waals surface area contributed by atoms with Crippen LogP contribution in [0.25, 0.3) is 0 Å². The second kappa shape index (κ2) is 10.3. The minimum absolute atomic E-state index is 0.197. The molecular formula is C21H29N3O3S. The van der Waals surface area contributed by atoms with Crippen LogP contribution in [0, 0.1) is 0 Å². The number of carbonyl (C=O) groups is 1. The lowest BCUT2D eigenvalue weighted by Crippen LogP contribution is -2.40. The van der Waals surface area contributed by atoms with E-state index in [0.29, 0.717) is 23.7 Å². The first-order chi connectivity index (χ1) is 13.7. The molecule has 3 rings (SSSR count). The molecule has 28 heavy (non-hydrogen) atoms. The molecule has 1 saturated heterocycles. The minimum atomic E-state index is -0.249. The molecule has 0 spiro atoms. The molecule has 0 bridgehead atoms. The monoisotopic (exact) mass is 403 g/mol. The third-order valence-corrected chi connectivity index (χ3v) is 5.82. The molecule has 2 amide bonds. The van der Waals surface area contributed by atoms with Crippen LogP contribution in [0.1, 0.15) is 37.3 Å². The molecule has 1 aromatic heterocycles. The van der Waals surface area contributed by atoms with Crippen molar-refractivity contribution in [3.63, 3.8) is 0 Å². The van der Waals surface area contributed by atoms with E-state index in [1.165, 1.54) is 31.2 Å². The molecule has 2 N–H and O–H groups in total. The van der Waals surface area contributed by atoms with E-state index < -0.39 is 0 Å². The largest absolute Gasteiger partial charge is 0.493 e. The van der Waals surface area contributed by atoms with E-state index >= 15 is 0 Å². The van der Waals surface area contributed by atoms with Crippen LogP contribution in [0.3, 0.4) is 0 Å². The Labute approximate surface area is 170 Å². The van der Waals surface area contributed by atoms with Gasteiger partial charge in [0, 0.05) is 6.54 Å². The van der Waals surface area contributed by atoms with Crippen LogP contribution >= 0.6 is 11.3 Å². The number of ether oxygens (including phenoxy) is 2. The number of hydrogen-bond acceptors (Lipinski definition) is 5. The van der Waals surface area contributed by atoms with Crippen LogP contribution in [-0.4, -0.2) is 44.8 Å². The lowest BCUT2D eigenvalue weighted by Gasteiger charge is -2.30. The third-order valence-electron chi connectivity index (χ3n) is 5.12. The maximum atomic E-state index is 12.6. The molecule has 1 atom stereocenters. The Bertz CT molecular complexity index is 743. The minimum Gasteiger partial charge on any atom is -0.493 e. The summed E-state index contributed by atoms with van der Waals surface area (Å²) in [5, 5.41) is 10.2. The molecule has 0 radical (unpaired) electrons. The summed E-state index contributed by atoms with van der Waals surface area (Å²) >= 11 is 1.70. The number of methoxy groups -OCH3 is 2. The summed E-state index contributed by atoms with van der Waals surface area (Å²) in [4.78, 5) is 15.1. The third kappa shape index (κ3) is 5.17. The molecule has 2 heterocycles. The van der Waals surface area contributed by atoms with Crippen molar-refractivity contribution in [2.75, 3.05) is 39.2 Å². The average molecular weight is 404 g/mol. The summed E-state index contributed by atoms with van der Waals surface area (Å²) in [5.74, 6) is 1.10. The Balaban J connectivity index is 1.65. The summed E-state index contributed by atoms with van der Waals surface area (Å²) in [6, 6.07) is 7.52. The van der Waals surface area contributed by atoms with Gasteiger partial charge in [-0.3, -0.25) is 4.90 Å². The highest BCUT2D eigenvalue weighted by Gasteiger charge is 2.23. The number of rotatable bonds is 7. The highest BCUT2D eigenvalue weighted by Crippen LogP contribution is 2.34. The molecule has 0 saturated carbocycles. The molecule has 1 aliphatic rings. The summed E-state index contributed by atoms with van der Waals surface area (Å²) in [7, 11) is 3.14. The Hall–Kier alpha value is -2.25. The number of nitrogens with zero attached hydrogens (tertiary/aromatic N) is 1. The zero-order valence-electron chi connectivity index (χ0n) is 16.6. The quantitative estimate of drug-likeness (QED) is 0.714. The van der Waals surface area contributed by atoms with E-state index in [0.717, 1.165) is 13.1 Å². The molecule has 152 valence electrons. The molecule has 7 heteroatoms. The zero-order valence-corrected chi connectivity index (χ0v) is 17.4. The van der Waals surface area contributed by atoms with Gasteiger partial charge in [-0.2, -0.15) is 11.3 Å². The van der Waals surface area contributed by atoms with Crippen molar-refractivity contribution in [1.29, 1.82) is 0 Å². The molecule has 1 aromatic carbocycles. The van der Waals surface area contributed by atoms with Gasteiger partial charge in [-0.25, -0.2) is 4.79 Å². The Morgan fingerprint density at radius 1 is 1.14 bits per heavy atom. The summed E-state index contributed by atoms with van der Waals surface area (Å²) in [5.41, 5.74) is 1.85. The second-order valence-electron chi connectivity index (χ2n) is 6.90. The standard InChI is InChI=1S/C21H29N3O3S/c1-26-19-9-7-8-17(20(19)27-2)23-21(25)22-14-18(16-10-13-28-15-16)24-11-5-3-4-6-12-24/h7-10,13,15,18H,3-6,11-12,14H2,1-2H3,(H2,22,23,25). The SMILES string of the molecule is COc1cccc(NC(=O)NCC(c2ccsc2)N2CCCCCC2)c1OC. The summed E-state index contributed by atoms with van der Waals surface area (Å²) in [6.45, 7) is 2.72. The number of anilines is 1. The smallest absolute Gasteiger partial charge is 0.319 e. The number of urea groups is 1. The van der Waals surface area contributed by atoms with E-state index in [4.69, 9.17) is 9.47 Å². The molecule has 1 fully saturated rings. The molecule has 6 nitrogen and oxygen atoms in total. The number of carbonyl (C=O) groups excluding carboxylic acids is 1. The Morgan fingerprint density at radius 3 is 2.57 bits per heavy atom. The zero-order chi connectivity index (χ0) is 19.8. The Morgan fingerprint density at radius 2 is 1.93 bits per heavy atom. The van der Waals surface area contributed by atoms with Crippen molar-refractivity contribution in [2.45, 2.75) is 31.7 Å². The molecule has 2 aromatic rings. The lowest BCUT2D eigenvalue weighted by molar-refractivity contribution is 0.199.